The number of hydrogen-bond donors (Lipinski definition) is 6. The molecular weight excluding hydrogens is 629 g/mol. The topological polar surface area (TPSA) is 236 Å². The van der Waals surface area contributed by atoms with Crippen molar-refractivity contribution in [1.29, 1.82) is 0 Å². The number of aliphatic hydroxyl groups excluding tert-OH is 2. The number of rotatable bonds is 11. The number of aliphatic hydroxyl groups is 2. The molecule has 1 aliphatic heterocycles. The highest BCUT2D eigenvalue weighted by atomic mass is 32.1. The zero-order chi connectivity index (χ0) is 31.0. The number of hydrogen-bond acceptors (Lipinski definition) is 12. The maximum Gasteiger partial charge on any atom is 0.490 e. The van der Waals surface area contributed by atoms with Crippen LogP contribution in [0.1, 0.15) is 43.7 Å². The molecule has 0 amide bonds. The number of nitrogens with zero attached hydrogens (tertiary/aromatic N) is 1. The van der Waals surface area contributed by atoms with Gasteiger partial charge in [-0.05, 0) is 16.5 Å². The van der Waals surface area contributed by atoms with Crippen LogP contribution in [0.15, 0.2) is 35.3 Å². The molecule has 2 aromatic rings. The van der Waals surface area contributed by atoms with E-state index < -0.39 is 60.3 Å². The maximum absolute atomic E-state index is 12.7. The third-order valence-electron chi connectivity index (χ3n) is 5.90. The molecule has 1 aliphatic rings. The van der Waals surface area contributed by atoms with Crippen molar-refractivity contribution in [3.8, 4) is 0 Å². The van der Waals surface area contributed by atoms with E-state index in [2.05, 4.69) is 38.9 Å². The maximum atomic E-state index is 12.7. The summed E-state index contributed by atoms with van der Waals surface area (Å²) in [7, 11) is -15.5. The Morgan fingerprint density at radius 2 is 1.66 bits per heavy atom. The third kappa shape index (κ3) is 9.05. The van der Waals surface area contributed by atoms with Crippen molar-refractivity contribution in [2.24, 2.45) is 0 Å². The van der Waals surface area contributed by atoms with Gasteiger partial charge in [0, 0.05) is 25.3 Å². The van der Waals surface area contributed by atoms with Gasteiger partial charge >= 0.3 is 29.2 Å². The molecule has 1 aromatic heterocycles. The van der Waals surface area contributed by atoms with Gasteiger partial charge in [-0.2, -0.15) is 8.62 Å². The summed E-state index contributed by atoms with van der Waals surface area (Å²) in [6.07, 6.45) is -4.68. The lowest BCUT2D eigenvalue weighted by Crippen LogP contribution is -2.36. The fourth-order valence-corrected chi connectivity index (χ4v) is 7.41. The number of phosphoric acid groups is 3. The first-order chi connectivity index (χ1) is 18.7. The van der Waals surface area contributed by atoms with Crippen LogP contribution in [-0.2, 0) is 47.9 Å². The van der Waals surface area contributed by atoms with Gasteiger partial charge in [-0.25, -0.2) is 18.5 Å². The Bertz CT molecular complexity index is 1500. The Morgan fingerprint density at radius 1 is 1.05 bits per heavy atom. The molecule has 16 nitrogen and oxygen atoms in total. The molecule has 230 valence electrons. The molecule has 0 radical (unpaired) electrons. The van der Waals surface area contributed by atoms with Crippen molar-refractivity contribution < 1.29 is 61.0 Å². The molecule has 0 spiro atoms. The van der Waals surface area contributed by atoms with Gasteiger partial charge in [-0.1, -0.05) is 57.3 Å². The van der Waals surface area contributed by atoms with Gasteiger partial charge in [-0.3, -0.25) is 18.6 Å². The summed E-state index contributed by atoms with van der Waals surface area (Å²) in [5.41, 5.74) is 1.72. The number of phosphoric ester groups is 1. The van der Waals surface area contributed by atoms with Crippen LogP contribution in [0.3, 0.4) is 0 Å². The monoisotopic (exact) mass is 660 g/mol. The Hall–Kier alpha value is -1.39. The highest BCUT2D eigenvalue weighted by molar-refractivity contribution is 7.71. The molecule has 1 saturated heterocycles. The lowest BCUT2D eigenvalue weighted by molar-refractivity contribution is -0.0547. The Morgan fingerprint density at radius 3 is 2.20 bits per heavy atom. The number of ether oxygens (including phenoxy) is 1. The van der Waals surface area contributed by atoms with E-state index in [1.165, 1.54) is 6.20 Å². The largest absolute Gasteiger partial charge is 0.490 e. The van der Waals surface area contributed by atoms with Gasteiger partial charge in [0.1, 0.15) is 23.0 Å². The normalized spacial score (nSPS) is 24.6. The third-order valence-corrected chi connectivity index (χ3v) is 10.5. The lowest BCUT2D eigenvalue weighted by atomic mass is 9.86. The smallest absolute Gasteiger partial charge is 0.387 e. The van der Waals surface area contributed by atoms with E-state index in [0.717, 1.165) is 22.8 Å². The van der Waals surface area contributed by atoms with Crippen LogP contribution in [0.5, 0.6) is 0 Å². The van der Waals surface area contributed by atoms with Crippen molar-refractivity contribution in [2.45, 2.75) is 57.1 Å². The highest BCUT2D eigenvalue weighted by Crippen LogP contribution is 2.68. The predicted octanol–water partition coefficient (Wildman–Crippen LogP) is 2.41. The predicted molar refractivity (Wildman–Crippen MR) is 144 cm³/mol. The molecule has 0 saturated carbocycles. The summed E-state index contributed by atoms with van der Waals surface area (Å²) < 4.78 is 58.8. The first-order valence-corrected chi connectivity index (χ1v) is 16.7. The molecule has 2 heterocycles. The quantitative estimate of drug-likeness (QED) is 0.150. The van der Waals surface area contributed by atoms with Gasteiger partial charge in [0.05, 0.1) is 6.61 Å². The highest BCUT2D eigenvalue weighted by Gasteiger charge is 2.47. The van der Waals surface area contributed by atoms with Crippen LogP contribution in [0.25, 0.3) is 0 Å². The number of aromatic amines is 1. The van der Waals surface area contributed by atoms with E-state index in [1.807, 2.05) is 24.3 Å². The van der Waals surface area contributed by atoms with Crippen molar-refractivity contribution in [2.75, 3.05) is 13.7 Å². The van der Waals surface area contributed by atoms with Gasteiger partial charge in [0.15, 0.2) is 6.23 Å². The summed E-state index contributed by atoms with van der Waals surface area (Å²) in [6, 6.07) is 7.82. The average Bonchev–Trinajstić information content (AvgIpc) is 3.11. The summed E-state index contributed by atoms with van der Waals surface area (Å²) in [4.78, 5) is 42.0. The Labute approximate surface area is 239 Å². The van der Waals surface area contributed by atoms with Gasteiger partial charge in [0.25, 0.3) is 0 Å². The molecule has 3 rings (SSSR count). The molecular formula is C21H31N2O14P3S. The summed E-state index contributed by atoms with van der Waals surface area (Å²) in [5, 5.41) is 21.1. The molecule has 41 heavy (non-hydrogen) atoms. The van der Waals surface area contributed by atoms with E-state index >= 15 is 0 Å². The second kappa shape index (κ2) is 12.7. The summed E-state index contributed by atoms with van der Waals surface area (Å²) >= 11 is 5.30. The van der Waals surface area contributed by atoms with Crippen LogP contribution in [-0.4, -0.2) is 66.5 Å². The Balaban J connectivity index is 1.77. The van der Waals surface area contributed by atoms with Crippen LogP contribution in [0, 0.1) is 4.64 Å². The average molecular weight is 660 g/mol. The van der Waals surface area contributed by atoms with Crippen LogP contribution < -0.4 is 5.69 Å². The molecule has 1 aromatic carbocycles. The fraction of sp³-hybridized carbons (Fsp3) is 0.524. The van der Waals surface area contributed by atoms with Crippen molar-refractivity contribution >= 4 is 35.7 Å². The van der Waals surface area contributed by atoms with Crippen molar-refractivity contribution in [1.82, 2.24) is 9.55 Å². The Kier molecular flexibility index (Phi) is 10.6. The van der Waals surface area contributed by atoms with E-state index in [4.69, 9.17) is 31.3 Å². The zero-order valence-corrected chi connectivity index (χ0v) is 25.7. The van der Waals surface area contributed by atoms with Gasteiger partial charge in [-0.15, -0.1) is 0 Å². The minimum Gasteiger partial charge on any atom is -0.387 e. The van der Waals surface area contributed by atoms with E-state index in [-0.39, 0.29) is 10.1 Å². The van der Waals surface area contributed by atoms with E-state index in [9.17, 15) is 33.6 Å². The number of H-pyrrole nitrogens is 1. The second-order valence-corrected chi connectivity index (χ2v) is 15.2. The minimum atomic E-state index is -5.65. The van der Waals surface area contributed by atoms with Crippen molar-refractivity contribution in [3.63, 3.8) is 0 Å². The lowest BCUT2D eigenvalue weighted by Gasteiger charge is -2.21. The van der Waals surface area contributed by atoms with Gasteiger partial charge in [0.2, 0.25) is 0 Å². The van der Waals surface area contributed by atoms with Crippen LogP contribution in [0.2, 0.25) is 0 Å². The van der Waals surface area contributed by atoms with Crippen LogP contribution in [0.4, 0.5) is 0 Å². The summed E-state index contributed by atoms with van der Waals surface area (Å²) in [6.45, 7) is 5.36. The molecule has 6 N–H and O–H groups in total. The molecule has 2 unspecified atom stereocenters. The molecule has 0 bridgehead atoms. The first kappa shape index (κ1) is 34.1. The van der Waals surface area contributed by atoms with E-state index in [1.54, 1.807) is 0 Å². The molecule has 1 fully saturated rings. The SMILES string of the molecule is COP(=O)(OC[C@H]1O[C@@H](n2cc(Cc3ccc(C(C)(C)C)cc3)c(=S)[nH]c2=O)[C@H](O)[C@@H]1O)OP(=O)(O)OP(=O)(O)O. The van der Waals surface area contributed by atoms with Gasteiger partial charge < -0.3 is 29.6 Å². The van der Waals surface area contributed by atoms with E-state index in [0.29, 0.717) is 12.0 Å². The van der Waals surface area contributed by atoms with Crippen LogP contribution >= 0.6 is 35.7 Å². The number of nitrogens with one attached hydrogen (secondary N) is 1. The second-order valence-electron chi connectivity index (χ2n) is 10.0. The molecule has 0 aliphatic carbocycles. The summed E-state index contributed by atoms with van der Waals surface area (Å²) in [5.74, 6) is 0. The fourth-order valence-electron chi connectivity index (χ4n) is 3.83. The first-order valence-electron chi connectivity index (χ1n) is 11.8. The number of benzene rings is 1. The zero-order valence-electron chi connectivity index (χ0n) is 22.2. The number of aromatic nitrogens is 2. The molecule has 6 atom stereocenters. The standard InChI is InChI=1S/C21H31N2O14P3S/c1-21(2,3)14-7-5-12(6-8-14)9-13-10-23(20(26)22-18(13)41)19-17(25)16(24)15(35-19)11-34-40(32,33-4)37-39(30,31)36-38(27,28)29/h5-8,10,15-17,19,24-25H,9,11H2,1-4H3,(H,30,31)(H,22,26,41)(H2,27,28,29)/t15-,16-,17-,19-,40?/m1/s1. The minimum absolute atomic E-state index is 0.0443. The molecule has 20 heteroatoms. The van der Waals surface area contributed by atoms with Crippen molar-refractivity contribution in [3.05, 3.63) is 62.3 Å².